The van der Waals surface area contributed by atoms with Crippen LogP contribution in [0.5, 0.6) is 17.8 Å². The Morgan fingerprint density at radius 2 is 1.28 bits per heavy atom. The number of hydrogen-bond acceptors (Lipinski definition) is 19. The summed E-state index contributed by atoms with van der Waals surface area (Å²) in [5.41, 5.74) is 3.07. The Morgan fingerprint density at radius 1 is 0.785 bits per heavy atom. The largest absolute Gasteiger partial charge is 0.478 e. The van der Waals surface area contributed by atoms with Crippen molar-refractivity contribution in [3.63, 3.8) is 0 Å². The van der Waals surface area contributed by atoms with Gasteiger partial charge in [0.2, 0.25) is 29.5 Å². The van der Waals surface area contributed by atoms with Gasteiger partial charge in [-0.25, -0.2) is 45.3 Å². The number of aromatic nitrogens is 7. The molecule has 3 aromatic carbocycles. The molecular weight excluding hydrogens is 1180 g/mol. The molecule has 0 atom stereocenters. The van der Waals surface area contributed by atoms with Crippen molar-refractivity contribution < 1.29 is 99.4 Å². The first-order valence-corrected chi connectivity index (χ1v) is 24.1. The van der Waals surface area contributed by atoms with Gasteiger partial charge < -0.3 is 25.1 Å². The summed E-state index contributed by atoms with van der Waals surface area (Å²) in [6, 6.07) is 8.31. The number of nitrogens with two attached hydrogens (primary N) is 1. The van der Waals surface area contributed by atoms with E-state index in [9.17, 15) is 85.2 Å². The summed E-state index contributed by atoms with van der Waals surface area (Å²) in [5, 5.41) is 26.4. The molecule has 0 aliphatic rings. The zero-order valence-electron chi connectivity index (χ0n) is 38.9. The third-order valence-corrected chi connectivity index (χ3v) is 12.2. The van der Waals surface area contributed by atoms with Crippen LogP contribution in [0.2, 0.25) is 10.0 Å². The zero-order valence-corrected chi connectivity index (χ0v) is 42.0. The van der Waals surface area contributed by atoms with Crippen LogP contribution < -0.4 is 40.0 Å². The lowest BCUT2D eigenvalue weighted by molar-refractivity contribution is -0.383. The number of carbonyl (C=O) groups is 3. The van der Waals surface area contributed by atoms with Gasteiger partial charge in [-0.2, -0.15) is 73.9 Å². The number of anilines is 3. The summed E-state index contributed by atoms with van der Waals surface area (Å²) in [7, 11) is -7.86. The SMILES string of the molecule is COc1nc(C)nc(NC(=O)NS(=O)(=O)c2ccccc2CCC(F)(F)F)n1.Nc1c([N+](=O)[O-])cnn1-c1c(Cl)cc(C(F)(F)F)cc1Cl.O=C(Nc1nc(OC(F)F)cc(OC(F)F)n1)NS(=O)(=O)c1ccccc1C(=O)O. The number of ether oxygens (including phenoxy) is 3. The predicted molar refractivity (Wildman–Crippen MR) is 249 cm³/mol. The normalized spacial score (nSPS) is 11.5. The highest BCUT2D eigenvalue weighted by Gasteiger charge is 2.34. The third kappa shape index (κ3) is 18.5. The number of amides is 4. The molecule has 0 radical (unpaired) electrons. The molecule has 0 bridgehead atoms. The molecule has 426 valence electrons. The van der Waals surface area contributed by atoms with Gasteiger partial charge in [-0.3, -0.25) is 20.7 Å². The van der Waals surface area contributed by atoms with Gasteiger partial charge in [-0.1, -0.05) is 53.5 Å². The van der Waals surface area contributed by atoms with E-state index in [1.54, 1.807) is 10.0 Å². The van der Waals surface area contributed by atoms with Gasteiger partial charge in [0, 0.05) is 6.42 Å². The minimum Gasteiger partial charge on any atom is -0.478 e. The van der Waals surface area contributed by atoms with E-state index in [2.05, 4.69) is 44.8 Å². The summed E-state index contributed by atoms with van der Waals surface area (Å²) < 4.78 is 191. The van der Waals surface area contributed by atoms with Gasteiger partial charge >= 0.3 is 55.3 Å². The smallest absolute Gasteiger partial charge is 0.416 e. The highest BCUT2D eigenvalue weighted by atomic mass is 35.5. The average molecular weight is 1210 g/mol. The summed E-state index contributed by atoms with van der Waals surface area (Å²) in [4.78, 5) is 61.7. The van der Waals surface area contributed by atoms with Crippen molar-refractivity contribution in [1.29, 1.82) is 0 Å². The molecule has 0 fully saturated rings. The number of rotatable bonds is 16. The Balaban J connectivity index is 0.000000259. The van der Waals surface area contributed by atoms with E-state index in [0.717, 1.165) is 29.1 Å². The number of carboxylic acids is 1. The molecule has 3 heterocycles. The van der Waals surface area contributed by atoms with Crippen molar-refractivity contribution in [2.45, 2.75) is 55.1 Å². The Labute approximate surface area is 444 Å². The summed E-state index contributed by atoms with van der Waals surface area (Å²) in [5.74, 6) is -4.91. The van der Waals surface area contributed by atoms with Crippen LogP contribution >= 0.6 is 23.2 Å². The molecule has 0 spiro atoms. The van der Waals surface area contributed by atoms with Crippen molar-refractivity contribution in [1.82, 2.24) is 44.1 Å². The Hall–Kier alpha value is -8.65. The Kier molecular flexibility index (Phi) is 20.8. The van der Waals surface area contributed by atoms with E-state index in [-0.39, 0.29) is 39.1 Å². The minimum atomic E-state index is -4.71. The van der Waals surface area contributed by atoms with Gasteiger partial charge in [-0.05, 0) is 49.2 Å². The number of carboxylic acid groups (broad SMARTS) is 1. The molecule has 6 aromatic rings. The van der Waals surface area contributed by atoms with Gasteiger partial charge in [0.25, 0.3) is 20.0 Å². The zero-order chi connectivity index (χ0) is 59.4. The van der Waals surface area contributed by atoms with Crippen LogP contribution in [0.3, 0.4) is 0 Å². The number of halogens is 12. The van der Waals surface area contributed by atoms with E-state index in [4.69, 9.17) is 38.8 Å². The van der Waals surface area contributed by atoms with Crippen molar-refractivity contribution >= 4 is 84.7 Å². The number of hydrogen-bond donors (Lipinski definition) is 6. The van der Waals surface area contributed by atoms with Crippen LogP contribution in [-0.2, 0) is 32.6 Å². The van der Waals surface area contributed by atoms with Gasteiger partial charge in [0.1, 0.15) is 22.6 Å². The molecule has 40 heteroatoms. The molecular formula is C39H31Cl2F10N13O13S2. The highest BCUT2D eigenvalue weighted by Crippen LogP contribution is 2.39. The minimum absolute atomic E-state index is 0.0715. The maximum atomic E-state index is 12.6. The lowest BCUT2D eigenvalue weighted by atomic mass is 10.1. The second-order valence-corrected chi connectivity index (χ2v) is 18.4. The van der Waals surface area contributed by atoms with E-state index < -0.39 is 132 Å². The van der Waals surface area contributed by atoms with E-state index in [1.165, 1.54) is 49.1 Å². The number of carbonyl (C=O) groups excluding carboxylic acids is 2. The fourth-order valence-corrected chi connectivity index (χ4v) is 8.63. The fraction of sp³-hybridized carbons (Fsp3) is 0.205. The number of alkyl halides is 10. The fourth-order valence-electron chi connectivity index (χ4n) is 5.70. The number of nitrogen functional groups attached to an aromatic ring is 1. The monoisotopic (exact) mass is 1210 g/mol. The second-order valence-electron chi connectivity index (χ2n) is 14.3. The topological polar surface area (TPSA) is 367 Å². The van der Waals surface area contributed by atoms with Crippen LogP contribution in [0, 0.1) is 17.0 Å². The number of methoxy groups -OCH3 is 1. The number of aromatic carboxylic acids is 1. The molecule has 6 rings (SSSR count). The number of sulfonamides is 2. The molecule has 4 amide bonds. The quantitative estimate of drug-likeness (QED) is 0.0306. The first kappa shape index (κ1) is 62.9. The highest BCUT2D eigenvalue weighted by molar-refractivity contribution is 7.90. The van der Waals surface area contributed by atoms with Crippen molar-refractivity contribution in [2.24, 2.45) is 0 Å². The van der Waals surface area contributed by atoms with Crippen molar-refractivity contribution in [3.8, 4) is 23.5 Å². The maximum absolute atomic E-state index is 12.6. The van der Waals surface area contributed by atoms with E-state index >= 15 is 0 Å². The average Bonchev–Trinajstić information content (AvgIpc) is 3.70. The molecule has 3 aromatic heterocycles. The standard InChI is InChI=1S/C15H16F3N5O4S.C14H10F4N4O7S.C10H5Cl2F3N4O2/c1-9-19-12(22-14(20-9)27-2)21-13(24)23-28(25,26)11-6-4-3-5-10(11)7-8-15(16,17)18;15-11(16)28-8-5-9(29-12(17)18)20-13(19-8)21-14(25)22-30(26,27)7-4-2-1-3-6(7)10(23)24;11-5-1-4(10(13,14)15)2-6(12)8(5)18-9(16)7(3-17-18)19(20)21/h3-6H,7-8H2,1-2H3,(H2,19,20,21,22,23,24);1-5,11-12H,(H,23,24)(H2,19,20,21,22,25);1-3H,16H2. The van der Waals surface area contributed by atoms with Crippen LogP contribution in [0.15, 0.2) is 82.7 Å². The summed E-state index contributed by atoms with van der Waals surface area (Å²) in [6.45, 7) is -5.32. The molecule has 79 heavy (non-hydrogen) atoms. The molecule has 0 aliphatic carbocycles. The first-order chi connectivity index (χ1) is 36.6. The van der Waals surface area contributed by atoms with Crippen LogP contribution in [0.1, 0.15) is 33.7 Å². The number of nitro groups is 1. The van der Waals surface area contributed by atoms with Gasteiger partial charge in [0.15, 0.2) is 0 Å². The first-order valence-electron chi connectivity index (χ1n) is 20.3. The number of aryl methyl sites for hydroxylation is 2. The maximum Gasteiger partial charge on any atom is 0.416 e. The number of urea groups is 2. The number of nitrogens with zero attached hydrogens (tertiary/aromatic N) is 8. The molecule has 0 saturated heterocycles. The molecule has 0 aliphatic heterocycles. The number of nitrogens with one attached hydrogen (secondary N) is 4. The molecule has 0 saturated carbocycles. The Morgan fingerprint density at radius 3 is 1.75 bits per heavy atom. The second kappa shape index (κ2) is 26.1. The summed E-state index contributed by atoms with van der Waals surface area (Å²) in [6.07, 6.45) is -9.98. The molecule has 26 nitrogen and oxygen atoms in total. The van der Waals surface area contributed by atoms with E-state index in [1.807, 2.05) is 0 Å². The van der Waals surface area contributed by atoms with E-state index in [0.29, 0.717) is 18.2 Å². The predicted octanol–water partition coefficient (Wildman–Crippen LogP) is 7.77. The van der Waals surface area contributed by atoms with Crippen molar-refractivity contribution in [3.05, 3.63) is 116 Å². The van der Waals surface area contributed by atoms with Crippen molar-refractivity contribution in [2.75, 3.05) is 23.5 Å². The lowest BCUT2D eigenvalue weighted by Crippen LogP contribution is -2.35. The Bertz CT molecular complexity index is 3410. The third-order valence-electron chi connectivity index (χ3n) is 8.80. The van der Waals surface area contributed by atoms with Crippen LogP contribution in [0.25, 0.3) is 5.69 Å². The summed E-state index contributed by atoms with van der Waals surface area (Å²) >= 11 is 11.5. The molecule has 0 unspecified atom stereocenters. The van der Waals surface area contributed by atoms with Crippen LogP contribution in [-0.4, -0.2) is 106 Å². The lowest BCUT2D eigenvalue weighted by Gasteiger charge is -2.13. The van der Waals surface area contributed by atoms with Gasteiger partial charge in [0.05, 0.1) is 44.2 Å². The molecule has 7 N–H and O–H groups in total. The van der Waals surface area contributed by atoms with Gasteiger partial charge in [-0.15, -0.1) is 0 Å². The van der Waals surface area contributed by atoms with Crippen LogP contribution in [0.4, 0.5) is 76.9 Å². The number of benzene rings is 3.